The Morgan fingerprint density at radius 3 is 2.53 bits per heavy atom. The lowest BCUT2D eigenvalue weighted by molar-refractivity contribution is 0.313. The van der Waals surface area contributed by atoms with E-state index in [0.717, 1.165) is 18.0 Å². The molecule has 88 valence electrons. The Balaban J connectivity index is 1.63. The minimum atomic E-state index is 0.784. The van der Waals surface area contributed by atoms with Crippen LogP contribution >= 0.6 is 0 Å². The van der Waals surface area contributed by atoms with Crippen molar-refractivity contribution in [1.82, 2.24) is 10.2 Å². The largest absolute Gasteiger partial charge is 0.312 e. The highest BCUT2D eigenvalue weighted by molar-refractivity contribution is 4.91. The average Bonchev–Trinajstić information content (AvgIpc) is 3.01. The fourth-order valence-electron chi connectivity index (χ4n) is 2.64. The highest BCUT2D eigenvalue weighted by Crippen LogP contribution is 2.29. The number of hydrogen-bond donors (Lipinski definition) is 1. The van der Waals surface area contributed by atoms with Crippen LogP contribution in [0.3, 0.4) is 0 Å². The van der Waals surface area contributed by atoms with E-state index in [2.05, 4.69) is 24.1 Å². The van der Waals surface area contributed by atoms with Gasteiger partial charge in [-0.25, -0.2) is 0 Å². The second-order valence-electron chi connectivity index (χ2n) is 5.30. The van der Waals surface area contributed by atoms with Crippen LogP contribution in [0.2, 0.25) is 0 Å². The number of likely N-dealkylation sites (tertiary alicyclic amines) is 1. The molecule has 0 spiro atoms. The molecule has 0 aromatic carbocycles. The van der Waals surface area contributed by atoms with E-state index >= 15 is 0 Å². The van der Waals surface area contributed by atoms with E-state index in [4.69, 9.17) is 0 Å². The van der Waals surface area contributed by atoms with Gasteiger partial charge >= 0.3 is 0 Å². The van der Waals surface area contributed by atoms with Crippen LogP contribution in [0.25, 0.3) is 0 Å². The fraction of sp³-hybridized carbons (Fsp3) is 1.00. The molecule has 15 heavy (non-hydrogen) atoms. The third-order valence-corrected chi connectivity index (χ3v) is 4.13. The molecular weight excluding hydrogens is 184 g/mol. The summed E-state index contributed by atoms with van der Waals surface area (Å²) in [5.41, 5.74) is 0. The predicted molar refractivity (Wildman–Crippen MR) is 65.1 cm³/mol. The third-order valence-electron chi connectivity index (χ3n) is 4.13. The monoisotopic (exact) mass is 210 g/mol. The number of nitrogens with zero attached hydrogens (tertiary/aromatic N) is 1. The maximum atomic E-state index is 3.75. The Labute approximate surface area is 94.4 Å². The van der Waals surface area contributed by atoms with Crippen LogP contribution in [-0.4, -0.2) is 36.6 Å². The SMILES string of the molecule is CCC(CC)CNC1CCN(C2CC2)C1. The van der Waals surface area contributed by atoms with Gasteiger partial charge in [0.2, 0.25) is 0 Å². The summed E-state index contributed by atoms with van der Waals surface area (Å²) in [6, 6.07) is 1.75. The Hall–Kier alpha value is -0.0800. The summed E-state index contributed by atoms with van der Waals surface area (Å²) in [5.74, 6) is 0.889. The maximum Gasteiger partial charge on any atom is 0.0207 e. The average molecular weight is 210 g/mol. The zero-order chi connectivity index (χ0) is 10.7. The topological polar surface area (TPSA) is 15.3 Å². The molecule has 0 aromatic rings. The van der Waals surface area contributed by atoms with Gasteiger partial charge in [0.05, 0.1) is 0 Å². The van der Waals surface area contributed by atoms with Gasteiger partial charge < -0.3 is 5.32 Å². The molecule has 0 bridgehead atoms. The van der Waals surface area contributed by atoms with Crippen molar-refractivity contribution in [3.8, 4) is 0 Å². The second kappa shape index (κ2) is 5.31. The number of hydrogen-bond acceptors (Lipinski definition) is 2. The van der Waals surface area contributed by atoms with Gasteiger partial charge in [-0.1, -0.05) is 26.7 Å². The Morgan fingerprint density at radius 2 is 1.93 bits per heavy atom. The zero-order valence-corrected chi connectivity index (χ0v) is 10.3. The van der Waals surface area contributed by atoms with Crippen molar-refractivity contribution in [1.29, 1.82) is 0 Å². The summed E-state index contributed by atoms with van der Waals surface area (Å²) in [4.78, 5) is 2.69. The first-order valence-corrected chi connectivity index (χ1v) is 6.80. The normalized spacial score (nSPS) is 27.8. The third kappa shape index (κ3) is 3.18. The van der Waals surface area contributed by atoms with Crippen molar-refractivity contribution in [2.24, 2.45) is 5.92 Å². The predicted octanol–water partition coefficient (Wildman–Crippen LogP) is 2.25. The molecule has 1 unspecified atom stereocenters. The van der Waals surface area contributed by atoms with Crippen molar-refractivity contribution in [2.75, 3.05) is 19.6 Å². The summed E-state index contributed by atoms with van der Waals surface area (Å²) < 4.78 is 0. The van der Waals surface area contributed by atoms with Gasteiger partial charge in [0.25, 0.3) is 0 Å². The minimum absolute atomic E-state index is 0.784. The molecule has 0 radical (unpaired) electrons. The molecule has 1 N–H and O–H groups in total. The standard InChI is InChI=1S/C13H26N2/c1-3-11(4-2)9-14-12-7-8-15(10-12)13-5-6-13/h11-14H,3-10H2,1-2H3. The van der Waals surface area contributed by atoms with Gasteiger partial charge in [-0.15, -0.1) is 0 Å². The second-order valence-corrected chi connectivity index (χ2v) is 5.30. The van der Waals surface area contributed by atoms with Crippen molar-refractivity contribution in [2.45, 2.75) is 58.0 Å². The molecule has 2 nitrogen and oxygen atoms in total. The molecule has 2 aliphatic rings. The van der Waals surface area contributed by atoms with E-state index < -0.39 is 0 Å². The lowest BCUT2D eigenvalue weighted by Crippen LogP contribution is -2.36. The molecule has 1 aliphatic carbocycles. The molecule has 2 rings (SSSR count). The highest BCUT2D eigenvalue weighted by atomic mass is 15.2. The number of rotatable bonds is 6. The smallest absolute Gasteiger partial charge is 0.0207 e. The molecule has 1 saturated carbocycles. The lowest BCUT2D eigenvalue weighted by atomic mass is 10.0. The van der Waals surface area contributed by atoms with Crippen LogP contribution < -0.4 is 5.32 Å². The zero-order valence-electron chi connectivity index (χ0n) is 10.3. The van der Waals surface area contributed by atoms with Crippen LogP contribution in [-0.2, 0) is 0 Å². The van der Waals surface area contributed by atoms with Gasteiger partial charge in [-0.2, -0.15) is 0 Å². The van der Waals surface area contributed by atoms with E-state index in [0.29, 0.717) is 0 Å². The molecule has 1 heterocycles. The van der Waals surface area contributed by atoms with Crippen LogP contribution in [0, 0.1) is 5.92 Å². The molecule has 1 saturated heterocycles. The van der Waals surface area contributed by atoms with Crippen molar-refractivity contribution in [3.05, 3.63) is 0 Å². The summed E-state index contributed by atoms with van der Waals surface area (Å²) >= 11 is 0. The van der Waals surface area contributed by atoms with Gasteiger partial charge in [0, 0.05) is 25.2 Å². The fourth-order valence-corrected chi connectivity index (χ4v) is 2.64. The first-order chi connectivity index (χ1) is 7.33. The van der Waals surface area contributed by atoms with Gasteiger partial charge in [-0.05, 0) is 31.7 Å². The summed E-state index contributed by atoms with van der Waals surface area (Å²) in [7, 11) is 0. The molecule has 1 atom stereocenters. The molecule has 0 aromatic heterocycles. The van der Waals surface area contributed by atoms with Gasteiger partial charge in [-0.3, -0.25) is 4.90 Å². The van der Waals surface area contributed by atoms with Crippen LogP contribution in [0.15, 0.2) is 0 Å². The quantitative estimate of drug-likeness (QED) is 0.723. The van der Waals surface area contributed by atoms with E-state index in [9.17, 15) is 0 Å². The summed E-state index contributed by atoms with van der Waals surface area (Å²) in [6.45, 7) is 8.49. The molecular formula is C13H26N2. The first-order valence-electron chi connectivity index (χ1n) is 6.80. The Kier molecular flexibility index (Phi) is 4.04. The van der Waals surface area contributed by atoms with E-state index in [1.165, 1.54) is 51.7 Å². The van der Waals surface area contributed by atoms with Crippen molar-refractivity contribution >= 4 is 0 Å². The van der Waals surface area contributed by atoms with E-state index in [1.807, 2.05) is 0 Å². The molecule has 2 fully saturated rings. The molecule has 1 aliphatic heterocycles. The first kappa shape index (κ1) is 11.4. The Morgan fingerprint density at radius 1 is 1.20 bits per heavy atom. The van der Waals surface area contributed by atoms with Crippen molar-refractivity contribution < 1.29 is 0 Å². The highest BCUT2D eigenvalue weighted by Gasteiger charge is 2.34. The summed E-state index contributed by atoms with van der Waals surface area (Å²) in [5, 5.41) is 3.75. The minimum Gasteiger partial charge on any atom is -0.312 e. The van der Waals surface area contributed by atoms with Gasteiger partial charge in [0.15, 0.2) is 0 Å². The van der Waals surface area contributed by atoms with Gasteiger partial charge in [0.1, 0.15) is 0 Å². The number of nitrogens with one attached hydrogen (secondary N) is 1. The van der Waals surface area contributed by atoms with E-state index in [1.54, 1.807) is 0 Å². The maximum absolute atomic E-state index is 3.75. The Bertz CT molecular complexity index is 185. The summed E-state index contributed by atoms with van der Waals surface area (Å²) in [6.07, 6.45) is 6.93. The lowest BCUT2D eigenvalue weighted by Gasteiger charge is -2.19. The van der Waals surface area contributed by atoms with Crippen molar-refractivity contribution in [3.63, 3.8) is 0 Å². The van der Waals surface area contributed by atoms with E-state index in [-0.39, 0.29) is 0 Å². The van der Waals surface area contributed by atoms with Crippen LogP contribution in [0.5, 0.6) is 0 Å². The van der Waals surface area contributed by atoms with Crippen LogP contribution in [0.4, 0.5) is 0 Å². The van der Waals surface area contributed by atoms with Crippen LogP contribution in [0.1, 0.15) is 46.0 Å². The molecule has 0 amide bonds. The molecule has 2 heteroatoms.